The van der Waals surface area contributed by atoms with Crippen molar-refractivity contribution < 1.29 is 4.79 Å². The summed E-state index contributed by atoms with van der Waals surface area (Å²) in [5.41, 5.74) is 1.09. The molecule has 0 aliphatic carbocycles. The highest BCUT2D eigenvalue weighted by molar-refractivity contribution is 8.18. The van der Waals surface area contributed by atoms with Gasteiger partial charge in [0.15, 0.2) is 5.17 Å². The average Bonchev–Trinajstić information content (AvgIpc) is 3.08. The lowest BCUT2D eigenvalue weighted by molar-refractivity contribution is -0.121. The van der Waals surface area contributed by atoms with E-state index in [2.05, 4.69) is 15.2 Å². The van der Waals surface area contributed by atoms with E-state index in [1.54, 1.807) is 7.05 Å². The lowest BCUT2D eigenvalue weighted by Crippen LogP contribution is -2.23. The number of benzene rings is 1. The molecule has 5 nitrogen and oxygen atoms in total. The van der Waals surface area contributed by atoms with Crippen LogP contribution in [0.3, 0.4) is 0 Å². The Morgan fingerprint density at radius 2 is 2.00 bits per heavy atom. The van der Waals surface area contributed by atoms with Gasteiger partial charge in [-0.05, 0) is 30.3 Å². The van der Waals surface area contributed by atoms with Gasteiger partial charge in [-0.2, -0.15) is 4.99 Å². The van der Waals surface area contributed by atoms with Crippen molar-refractivity contribution in [2.45, 2.75) is 6.92 Å². The topological polar surface area (TPSA) is 58.5 Å². The molecular weight excluding hydrogens is 328 g/mol. The number of amides is 1. The normalized spacial score (nSPS) is 18.7. The first-order chi connectivity index (χ1) is 11.1. The minimum absolute atomic E-state index is 0.0623. The Hall–Kier alpha value is -2.25. The molecule has 0 spiro atoms. The van der Waals surface area contributed by atoms with Crippen molar-refractivity contribution in [2.75, 3.05) is 7.05 Å². The Kier molecular flexibility index (Phi) is 4.68. The number of likely N-dealkylation sites (N-methyl/N-ethyl adjacent to an activating group) is 1. The Labute approximate surface area is 142 Å². The smallest absolute Gasteiger partial charge is 0.266 e. The van der Waals surface area contributed by atoms with Crippen molar-refractivity contribution in [3.8, 4) is 0 Å². The number of carbonyl (C=O) groups excluding carboxylic acids is 1. The Bertz CT molecular complexity index is 808. The van der Waals surface area contributed by atoms with Crippen molar-refractivity contribution in [3.05, 3.63) is 58.0 Å². The zero-order chi connectivity index (χ0) is 16.2. The first kappa shape index (κ1) is 15.6. The monoisotopic (exact) mass is 342 g/mol. The molecule has 0 saturated carbocycles. The van der Waals surface area contributed by atoms with Crippen LogP contribution in [0.15, 0.2) is 52.4 Å². The molecule has 0 unspecified atom stereocenters. The molecule has 2 aromatic rings. The van der Waals surface area contributed by atoms with E-state index in [1.807, 2.05) is 55.5 Å². The number of aryl methyl sites for hydroxylation is 1. The lowest BCUT2D eigenvalue weighted by atomic mass is 10.2. The number of hydrogen-bond donors (Lipinski definition) is 0. The van der Waals surface area contributed by atoms with Crippen LogP contribution in [0.2, 0.25) is 0 Å². The summed E-state index contributed by atoms with van der Waals surface area (Å²) in [6.45, 7) is 1.87. The van der Waals surface area contributed by atoms with Crippen molar-refractivity contribution in [3.63, 3.8) is 0 Å². The highest BCUT2D eigenvalue weighted by Gasteiger charge is 2.30. The molecule has 1 aromatic heterocycles. The SMILES string of the molecule is Cc1nnc(/N=C2/S/C(=C\C=C\c3ccccc3)C(=O)N2C)s1. The van der Waals surface area contributed by atoms with Crippen LogP contribution in [0.1, 0.15) is 10.6 Å². The van der Waals surface area contributed by atoms with Gasteiger partial charge in [0.2, 0.25) is 5.13 Å². The summed E-state index contributed by atoms with van der Waals surface area (Å²) in [4.78, 5) is 18.8. The van der Waals surface area contributed by atoms with E-state index in [4.69, 9.17) is 0 Å². The van der Waals surface area contributed by atoms with Crippen LogP contribution < -0.4 is 0 Å². The highest BCUT2D eigenvalue weighted by atomic mass is 32.2. The molecule has 23 heavy (non-hydrogen) atoms. The van der Waals surface area contributed by atoms with Crippen LogP contribution in [-0.2, 0) is 4.79 Å². The molecule has 2 heterocycles. The van der Waals surface area contributed by atoms with E-state index in [0.29, 0.717) is 15.2 Å². The molecule has 3 rings (SSSR count). The minimum Gasteiger partial charge on any atom is -0.289 e. The second-order valence-electron chi connectivity index (χ2n) is 4.76. The molecule has 0 atom stereocenters. The molecule has 1 amide bonds. The van der Waals surface area contributed by atoms with Crippen molar-refractivity contribution in [1.82, 2.24) is 15.1 Å². The zero-order valence-electron chi connectivity index (χ0n) is 12.6. The quantitative estimate of drug-likeness (QED) is 0.799. The van der Waals surface area contributed by atoms with Crippen LogP contribution >= 0.6 is 23.1 Å². The van der Waals surface area contributed by atoms with E-state index in [9.17, 15) is 4.79 Å². The predicted octanol–water partition coefficient (Wildman–Crippen LogP) is 3.64. The molecule has 1 aliphatic heterocycles. The molecular formula is C16H14N4OS2. The molecule has 7 heteroatoms. The lowest BCUT2D eigenvalue weighted by Gasteiger charge is -2.05. The molecule has 1 aromatic carbocycles. The van der Waals surface area contributed by atoms with E-state index in [-0.39, 0.29) is 5.91 Å². The fourth-order valence-electron chi connectivity index (χ4n) is 1.89. The Morgan fingerprint density at radius 1 is 1.22 bits per heavy atom. The van der Waals surface area contributed by atoms with Crippen LogP contribution in [-0.4, -0.2) is 33.2 Å². The maximum atomic E-state index is 12.2. The summed E-state index contributed by atoms with van der Waals surface area (Å²) in [6, 6.07) is 9.94. The van der Waals surface area contributed by atoms with Crippen molar-refractivity contribution in [2.24, 2.45) is 4.99 Å². The maximum absolute atomic E-state index is 12.2. The number of hydrogen-bond acceptors (Lipinski definition) is 6. The summed E-state index contributed by atoms with van der Waals surface area (Å²) >= 11 is 2.74. The Balaban J connectivity index is 1.77. The summed E-state index contributed by atoms with van der Waals surface area (Å²) < 4.78 is 0. The molecule has 0 N–H and O–H groups in total. The number of nitrogens with zero attached hydrogens (tertiary/aromatic N) is 4. The van der Waals surface area contributed by atoms with Crippen LogP contribution in [0.4, 0.5) is 5.13 Å². The molecule has 1 aliphatic rings. The van der Waals surface area contributed by atoms with Gasteiger partial charge in [-0.15, -0.1) is 10.2 Å². The van der Waals surface area contributed by atoms with Gasteiger partial charge in [0.1, 0.15) is 5.01 Å². The number of amidine groups is 1. The summed E-state index contributed by atoms with van der Waals surface area (Å²) in [7, 11) is 1.71. The van der Waals surface area contributed by atoms with Gasteiger partial charge < -0.3 is 0 Å². The first-order valence-corrected chi connectivity index (χ1v) is 8.55. The Morgan fingerprint density at radius 3 is 2.70 bits per heavy atom. The predicted molar refractivity (Wildman–Crippen MR) is 95.7 cm³/mol. The number of allylic oxidation sites excluding steroid dienone is 2. The third-order valence-electron chi connectivity index (χ3n) is 3.05. The largest absolute Gasteiger partial charge is 0.289 e. The van der Waals surface area contributed by atoms with Crippen LogP contribution in [0, 0.1) is 6.92 Å². The fraction of sp³-hybridized carbons (Fsp3) is 0.125. The van der Waals surface area contributed by atoms with Gasteiger partial charge in [0, 0.05) is 7.05 Å². The summed E-state index contributed by atoms with van der Waals surface area (Å²) in [5.74, 6) is -0.0623. The molecule has 116 valence electrons. The average molecular weight is 342 g/mol. The zero-order valence-corrected chi connectivity index (χ0v) is 14.3. The van der Waals surface area contributed by atoms with Gasteiger partial charge in [-0.1, -0.05) is 53.8 Å². The van der Waals surface area contributed by atoms with Gasteiger partial charge in [-0.3, -0.25) is 9.69 Å². The third kappa shape index (κ3) is 3.75. The molecule has 1 saturated heterocycles. The van der Waals surface area contributed by atoms with E-state index < -0.39 is 0 Å². The highest BCUT2D eigenvalue weighted by Crippen LogP contribution is 2.32. The van der Waals surface area contributed by atoms with Crippen LogP contribution in [0.5, 0.6) is 0 Å². The summed E-state index contributed by atoms with van der Waals surface area (Å²) in [5, 5.41) is 9.92. The first-order valence-electron chi connectivity index (χ1n) is 6.91. The fourth-order valence-corrected chi connectivity index (χ4v) is 3.43. The maximum Gasteiger partial charge on any atom is 0.266 e. The number of rotatable bonds is 3. The van der Waals surface area contributed by atoms with E-state index >= 15 is 0 Å². The van der Waals surface area contributed by atoms with Crippen LogP contribution in [0.25, 0.3) is 6.08 Å². The second kappa shape index (κ2) is 6.89. The van der Waals surface area contributed by atoms with Crippen molar-refractivity contribution >= 4 is 45.4 Å². The minimum atomic E-state index is -0.0623. The van der Waals surface area contributed by atoms with E-state index in [0.717, 1.165) is 10.6 Å². The number of aliphatic imine (C=N–C) groups is 1. The van der Waals surface area contributed by atoms with Gasteiger partial charge in [0.05, 0.1) is 4.91 Å². The van der Waals surface area contributed by atoms with Gasteiger partial charge in [-0.25, -0.2) is 0 Å². The standard InChI is InChI=1S/C16H14N4OS2/c1-11-18-19-15(22-11)17-16-20(2)14(21)13(23-16)10-6-9-12-7-4-3-5-8-12/h3-10H,1-2H3/b9-6+,13-10-,17-16+. The van der Waals surface area contributed by atoms with Crippen molar-refractivity contribution in [1.29, 1.82) is 0 Å². The summed E-state index contributed by atoms with van der Waals surface area (Å²) in [6.07, 6.45) is 5.65. The third-order valence-corrected chi connectivity index (χ3v) is 4.86. The second-order valence-corrected chi connectivity index (χ2v) is 6.93. The molecule has 1 fully saturated rings. The molecule has 0 radical (unpaired) electrons. The number of carbonyl (C=O) groups is 1. The number of aromatic nitrogens is 2. The van der Waals surface area contributed by atoms with Gasteiger partial charge in [0.25, 0.3) is 5.91 Å². The van der Waals surface area contributed by atoms with Gasteiger partial charge >= 0.3 is 0 Å². The molecule has 0 bridgehead atoms. The van der Waals surface area contributed by atoms with E-state index in [1.165, 1.54) is 28.0 Å². The number of thioether (sulfide) groups is 1.